The minimum atomic E-state index is -1.51. The van der Waals surface area contributed by atoms with E-state index in [-0.39, 0.29) is 44.6 Å². The SMILES string of the molecule is CCC[C@H](NC)[C@@H](O)[C@@H](O)OCCC[C@](C)(O)C1O[C@H]([C@H](CC)OCC[C@H](OC)[C@@H](O)[C@H](C)O)C(O)OC[C@H](C)[C@H](OC(C)O)[C@H]1C. The summed E-state index contributed by atoms with van der Waals surface area (Å²) in [5, 5.41) is 77.2. The fourth-order valence-electron chi connectivity index (χ4n) is 6.35. The molecule has 15 atom stereocenters. The van der Waals surface area contributed by atoms with E-state index >= 15 is 0 Å². The zero-order valence-electron chi connectivity index (χ0n) is 30.0. The predicted molar refractivity (Wildman–Crippen MR) is 174 cm³/mol. The van der Waals surface area contributed by atoms with Gasteiger partial charge in [-0.15, -0.1) is 0 Å². The topological polar surface area (TPSA) is 209 Å². The molecule has 1 aliphatic rings. The first-order valence-electron chi connectivity index (χ1n) is 17.2. The van der Waals surface area contributed by atoms with E-state index in [0.717, 1.165) is 6.42 Å². The molecule has 8 N–H and O–H groups in total. The summed E-state index contributed by atoms with van der Waals surface area (Å²) in [6.07, 6.45) is -8.52. The van der Waals surface area contributed by atoms with Crippen LogP contribution in [0.15, 0.2) is 0 Å². The Kier molecular flexibility index (Phi) is 21.1. The predicted octanol–water partition coefficient (Wildman–Crippen LogP) is 0.642. The van der Waals surface area contributed by atoms with Crippen molar-refractivity contribution in [1.29, 1.82) is 0 Å². The van der Waals surface area contributed by atoms with E-state index in [9.17, 15) is 35.7 Å². The van der Waals surface area contributed by atoms with E-state index in [0.29, 0.717) is 19.3 Å². The number of hydrogen-bond donors (Lipinski definition) is 8. The molecule has 47 heavy (non-hydrogen) atoms. The molecule has 1 saturated heterocycles. The summed E-state index contributed by atoms with van der Waals surface area (Å²) in [5.74, 6) is -0.801. The largest absolute Gasteiger partial charge is 0.391 e. The van der Waals surface area contributed by atoms with Crippen molar-refractivity contribution < 1.29 is 64.2 Å². The molecule has 0 bridgehead atoms. The van der Waals surface area contributed by atoms with Crippen LogP contribution in [0, 0.1) is 11.8 Å². The number of ether oxygens (including phenoxy) is 6. The lowest BCUT2D eigenvalue weighted by Crippen LogP contribution is -2.54. The molecule has 1 aliphatic heterocycles. The van der Waals surface area contributed by atoms with Crippen molar-refractivity contribution in [3.05, 3.63) is 0 Å². The summed E-state index contributed by atoms with van der Waals surface area (Å²) in [6, 6.07) is -0.331. The molecule has 0 aromatic carbocycles. The Labute approximate surface area is 281 Å². The Morgan fingerprint density at radius 2 is 1.64 bits per heavy atom. The molecule has 0 amide bonds. The summed E-state index contributed by atoms with van der Waals surface area (Å²) in [5.41, 5.74) is -1.51. The maximum absolute atomic E-state index is 11.9. The third-order valence-electron chi connectivity index (χ3n) is 9.11. The molecule has 0 aliphatic carbocycles. The molecular formula is C33H67NO13. The lowest BCUT2D eigenvalue weighted by atomic mass is 9.79. The quantitative estimate of drug-likeness (QED) is 0.0581. The average molecular weight is 686 g/mol. The second kappa shape index (κ2) is 22.3. The van der Waals surface area contributed by atoms with Crippen LogP contribution in [0.5, 0.6) is 0 Å². The molecule has 1 heterocycles. The smallest absolute Gasteiger partial charge is 0.183 e. The second-order valence-electron chi connectivity index (χ2n) is 13.3. The number of rotatable bonds is 22. The minimum Gasteiger partial charge on any atom is -0.391 e. The minimum absolute atomic E-state index is 0.0525. The number of aliphatic hydroxyl groups excluding tert-OH is 6. The molecule has 3 unspecified atom stereocenters. The highest BCUT2D eigenvalue weighted by Crippen LogP contribution is 2.36. The van der Waals surface area contributed by atoms with Gasteiger partial charge in [0.05, 0.1) is 42.7 Å². The zero-order chi connectivity index (χ0) is 35.9. The van der Waals surface area contributed by atoms with Crippen LogP contribution < -0.4 is 5.32 Å². The Morgan fingerprint density at radius 3 is 2.17 bits per heavy atom. The van der Waals surface area contributed by atoms with Crippen molar-refractivity contribution in [1.82, 2.24) is 5.32 Å². The van der Waals surface area contributed by atoms with Crippen molar-refractivity contribution in [3.8, 4) is 0 Å². The number of hydrogen-bond acceptors (Lipinski definition) is 14. The summed E-state index contributed by atoms with van der Waals surface area (Å²) in [4.78, 5) is 0. The van der Waals surface area contributed by atoms with Gasteiger partial charge in [0.1, 0.15) is 18.3 Å². The number of nitrogens with one attached hydrogen (secondary N) is 1. The van der Waals surface area contributed by atoms with Crippen molar-refractivity contribution in [2.75, 3.05) is 34.0 Å². The third-order valence-corrected chi connectivity index (χ3v) is 9.11. The summed E-state index contributed by atoms with van der Waals surface area (Å²) in [7, 11) is 3.15. The standard InChI is InChI=1S/C33H67NO13/c1-10-13-23(34-8)27(38)31(39)44-16-12-15-33(7,41)30-20(4)28(46-22(6)36)19(3)18-45-32(40)29(47-30)24(11-2)43-17-14-25(42-9)26(37)21(5)35/h19-32,34-41H,10-18H2,1-9H3/t19-,20+,21-,22?,23-,24-,25-,26-,27+,28-,29+,30?,31-,32?,33-/m0/s1. The van der Waals surface area contributed by atoms with Crippen molar-refractivity contribution >= 4 is 0 Å². The van der Waals surface area contributed by atoms with Crippen LogP contribution in [0.25, 0.3) is 0 Å². The van der Waals surface area contributed by atoms with E-state index in [1.165, 1.54) is 21.0 Å². The van der Waals surface area contributed by atoms with E-state index in [4.69, 9.17) is 28.4 Å². The molecular weight excluding hydrogens is 618 g/mol. The molecule has 1 rings (SSSR count). The Balaban J connectivity index is 3.20. The Hall–Kier alpha value is -0.560. The van der Waals surface area contributed by atoms with Crippen LogP contribution in [-0.4, -0.2) is 149 Å². The molecule has 0 radical (unpaired) electrons. The van der Waals surface area contributed by atoms with Gasteiger partial charge >= 0.3 is 0 Å². The van der Waals surface area contributed by atoms with E-state index in [1.807, 2.05) is 27.7 Å². The van der Waals surface area contributed by atoms with Gasteiger partial charge in [0, 0.05) is 38.2 Å². The number of likely N-dealkylation sites (N-methyl/N-ethyl adjacent to an activating group) is 1. The number of methoxy groups -OCH3 is 1. The maximum atomic E-state index is 11.9. The zero-order valence-corrected chi connectivity index (χ0v) is 30.0. The van der Waals surface area contributed by atoms with Gasteiger partial charge < -0.3 is 69.5 Å². The molecule has 282 valence electrons. The van der Waals surface area contributed by atoms with E-state index in [2.05, 4.69) is 5.32 Å². The monoisotopic (exact) mass is 685 g/mol. The first-order valence-corrected chi connectivity index (χ1v) is 17.2. The average Bonchev–Trinajstić information content (AvgIpc) is 3.06. The van der Waals surface area contributed by atoms with Crippen molar-refractivity contribution in [3.63, 3.8) is 0 Å². The van der Waals surface area contributed by atoms with Gasteiger partial charge in [-0.3, -0.25) is 0 Å². The first-order chi connectivity index (χ1) is 22.1. The molecule has 14 nitrogen and oxygen atoms in total. The summed E-state index contributed by atoms with van der Waals surface area (Å²) in [6.45, 7) is 12.4. The third kappa shape index (κ3) is 14.3. The van der Waals surface area contributed by atoms with Crippen LogP contribution in [0.2, 0.25) is 0 Å². The van der Waals surface area contributed by atoms with Crippen molar-refractivity contribution in [2.24, 2.45) is 11.8 Å². The second-order valence-corrected chi connectivity index (χ2v) is 13.3. The number of aliphatic hydroxyl groups is 7. The fraction of sp³-hybridized carbons (Fsp3) is 1.00. The van der Waals surface area contributed by atoms with E-state index < -0.39 is 79.2 Å². The van der Waals surface area contributed by atoms with Gasteiger partial charge in [0.25, 0.3) is 0 Å². The van der Waals surface area contributed by atoms with Crippen LogP contribution >= 0.6 is 0 Å². The highest BCUT2D eigenvalue weighted by molar-refractivity contribution is 4.94. The van der Waals surface area contributed by atoms with E-state index in [1.54, 1.807) is 14.0 Å². The molecule has 0 aromatic rings. The fourth-order valence-corrected chi connectivity index (χ4v) is 6.35. The molecule has 14 heteroatoms. The Morgan fingerprint density at radius 1 is 0.979 bits per heavy atom. The van der Waals surface area contributed by atoms with Crippen LogP contribution in [0.1, 0.15) is 87.0 Å². The van der Waals surface area contributed by atoms with Gasteiger partial charge in [0.2, 0.25) is 0 Å². The molecule has 0 spiro atoms. The summed E-state index contributed by atoms with van der Waals surface area (Å²) < 4.78 is 35.3. The lowest BCUT2D eigenvalue weighted by Gasteiger charge is -2.43. The van der Waals surface area contributed by atoms with Crippen LogP contribution in [0.3, 0.4) is 0 Å². The highest BCUT2D eigenvalue weighted by atomic mass is 16.7. The molecule has 0 aromatic heterocycles. The highest BCUT2D eigenvalue weighted by Gasteiger charge is 2.47. The first kappa shape index (κ1) is 44.5. The van der Waals surface area contributed by atoms with Crippen LogP contribution in [-0.2, 0) is 28.4 Å². The van der Waals surface area contributed by atoms with Gasteiger partial charge in [-0.1, -0.05) is 34.1 Å². The molecule has 1 fully saturated rings. The van der Waals surface area contributed by atoms with Gasteiger partial charge in [-0.25, -0.2) is 0 Å². The van der Waals surface area contributed by atoms with Gasteiger partial charge in [0.15, 0.2) is 18.9 Å². The normalized spacial score (nSPS) is 30.9. The van der Waals surface area contributed by atoms with Gasteiger partial charge in [-0.05, 0) is 59.9 Å². The van der Waals surface area contributed by atoms with Gasteiger partial charge in [-0.2, -0.15) is 0 Å². The Bertz CT molecular complexity index is 806. The summed E-state index contributed by atoms with van der Waals surface area (Å²) >= 11 is 0. The molecule has 0 saturated carbocycles. The maximum Gasteiger partial charge on any atom is 0.183 e. The van der Waals surface area contributed by atoms with Crippen LogP contribution in [0.4, 0.5) is 0 Å². The lowest BCUT2D eigenvalue weighted by molar-refractivity contribution is -0.255. The van der Waals surface area contributed by atoms with Crippen molar-refractivity contribution in [2.45, 2.75) is 166 Å².